The molecule has 0 saturated carbocycles. The molecule has 6 nitrogen and oxygen atoms in total. The monoisotopic (exact) mass is 437 g/mol. The molecule has 4 aromatic rings. The van der Waals surface area contributed by atoms with E-state index in [0.29, 0.717) is 22.0 Å². The second kappa shape index (κ2) is 6.97. The fourth-order valence-corrected chi connectivity index (χ4v) is 5.22. The number of rotatable bonds is 3. The molecule has 0 fully saturated rings. The Labute approximate surface area is 178 Å². The number of fused-ring (bicyclic) bond motifs is 2. The molecule has 0 spiro atoms. The van der Waals surface area contributed by atoms with Crippen molar-refractivity contribution in [3.63, 3.8) is 0 Å². The molecular weight excluding hydrogens is 422 g/mol. The third-order valence-electron chi connectivity index (χ3n) is 5.16. The predicted octanol–water partition coefficient (Wildman–Crippen LogP) is 4.40. The first-order valence-electron chi connectivity index (χ1n) is 9.32. The Hall–Kier alpha value is -3.16. The van der Waals surface area contributed by atoms with Gasteiger partial charge in [0.1, 0.15) is 11.4 Å². The zero-order chi connectivity index (χ0) is 20.9. The molecule has 1 aliphatic rings. The molecule has 3 aromatic carbocycles. The van der Waals surface area contributed by atoms with Gasteiger partial charge >= 0.3 is 0 Å². The van der Waals surface area contributed by atoms with Crippen LogP contribution in [0.25, 0.3) is 22.0 Å². The number of aromatic nitrogens is 2. The molecule has 0 saturated heterocycles. The van der Waals surface area contributed by atoms with E-state index in [1.54, 1.807) is 24.3 Å². The maximum Gasteiger partial charge on any atom is 0.274 e. The van der Waals surface area contributed by atoms with Crippen molar-refractivity contribution in [2.24, 2.45) is 0 Å². The summed E-state index contributed by atoms with van der Waals surface area (Å²) in [5.74, 6) is -0.475. The van der Waals surface area contributed by atoms with Gasteiger partial charge in [-0.2, -0.15) is 0 Å². The van der Waals surface area contributed by atoms with Crippen molar-refractivity contribution in [3.05, 3.63) is 77.4 Å². The lowest BCUT2D eigenvalue weighted by Gasteiger charge is -2.11. The van der Waals surface area contributed by atoms with Crippen LogP contribution in [0.3, 0.4) is 0 Å². The maximum absolute atomic E-state index is 13.4. The Morgan fingerprint density at radius 1 is 1.00 bits per heavy atom. The lowest BCUT2D eigenvalue weighted by atomic mass is 10.1. The second-order valence-electron chi connectivity index (χ2n) is 7.05. The van der Waals surface area contributed by atoms with Crippen molar-refractivity contribution in [1.82, 2.24) is 9.55 Å². The van der Waals surface area contributed by atoms with Crippen LogP contribution in [-0.4, -0.2) is 29.6 Å². The number of sulfone groups is 1. The minimum Gasteiger partial charge on any atom is -0.320 e. The largest absolute Gasteiger partial charge is 0.320 e. The summed E-state index contributed by atoms with van der Waals surface area (Å²) in [5.41, 5.74) is 1.82. The smallest absolute Gasteiger partial charge is 0.274 e. The summed E-state index contributed by atoms with van der Waals surface area (Å²) in [6.45, 7) is 0.191. The van der Waals surface area contributed by atoms with Crippen LogP contribution in [0.5, 0.6) is 0 Å². The highest BCUT2D eigenvalue weighted by atomic mass is 35.5. The van der Waals surface area contributed by atoms with Crippen LogP contribution in [0, 0.1) is 0 Å². The number of nitrogens with zero attached hydrogens (tertiary/aromatic N) is 2. The quantitative estimate of drug-likeness (QED) is 0.515. The molecule has 150 valence electrons. The molecule has 30 heavy (non-hydrogen) atoms. The highest BCUT2D eigenvalue weighted by molar-refractivity contribution is 7.91. The second-order valence-corrected chi connectivity index (χ2v) is 9.49. The van der Waals surface area contributed by atoms with Crippen molar-refractivity contribution in [1.29, 1.82) is 0 Å². The summed E-state index contributed by atoms with van der Waals surface area (Å²) in [6, 6.07) is 20.2. The molecule has 1 N–H and O–H groups in total. The fourth-order valence-electron chi connectivity index (χ4n) is 3.74. The van der Waals surface area contributed by atoms with Crippen molar-refractivity contribution < 1.29 is 13.2 Å². The number of carbonyl (C=O) groups is 1. The molecule has 1 aromatic heterocycles. The average Bonchev–Trinajstić information content (AvgIpc) is 3.26. The van der Waals surface area contributed by atoms with Crippen LogP contribution >= 0.6 is 11.6 Å². The van der Waals surface area contributed by atoms with Gasteiger partial charge < -0.3 is 9.88 Å². The number of imidazole rings is 1. The number of anilines is 1. The van der Waals surface area contributed by atoms with Gasteiger partial charge in [0.2, 0.25) is 15.0 Å². The topological polar surface area (TPSA) is 81.1 Å². The Morgan fingerprint density at radius 3 is 2.53 bits per heavy atom. The van der Waals surface area contributed by atoms with Gasteiger partial charge in [-0.3, -0.25) is 4.79 Å². The van der Waals surface area contributed by atoms with Gasteiger partial charge in [-0.25, -0.2) is 13.4 Å². The van der Waals surface area contributed by atoms with E-state index in [-0.39, 0.29) is 23.1 Å². The van der Waals surface area contributed by atoms with Gasteiger partial charge in [0, 0.05) is 28.2 Å². The molecule has 1 aliphatic heterocycles. The molecule has 0 aliphatic carbocycles. The summed E-state index contributed by atoms with van der Waals surface area (Å²) < 4.78 is 26.3. The van der Waals surface area contributed by atoms with Crippen molar-refractivity contribution in [2.45, 2.75) is 11.7 Å². The maximum atomic E-state index is 13.4. The van der Waals surface area contributed by atoms with E-state index in [2.05, 4.69) is 10.3 Å². The van der Waals surface area contributed by atoms with Crippen molar-refractivity contribution in [2.75, 3.05) is 11.1 Å². The van der Waals surface area contributed by atoms with Crippen LogP contribution in [0.2, 0.25) is 5.02 Å². The number of nitrogens with one attached hydrogen (secondary N) is 1. The first-order chi connectivity index (χ1) is 14.4. The number of hydrogen-bond acceptors (Lipinski definition) is 4. The molecule has 1 amide bonds. The summed E-state index contributed by atoms with van der Waals surface area (Å²) in [7, 11) is -3.52. The third kappa shape index (κ3) is 3.07. The van der Waals surface area contributed by atoms with E-state index in [9.17, 15) is 13.2 Å². The van der Waals surface area contributed by atoms with Gasteiger partial charge in [0.05, 0.1) is 5.75 Å². The van der Waals surface area contributed by atoms with E-state index in [4.69, 9.17) is 11.6 Å². The number of hydrogen-bond donors (Lipinski definition) is 1. The Kier molecular flexibility index (Phi) is 4.38. The first kappa shape index (κ1) is 18.8. The van der Waals surface area contributed by atoms with E-state index >= 15 is 0 Å². The lowest BCUT2D eigenvalue weighted by Crippen LogP contribution is -2.18. The number of halogens is 1. The Morgan fingerprint density at radius 2 is 1.73 bits per heavy atom. The van der Waals surface area contributed by atoms with Gasteiger partial charge in [0.25, 0.3) is 5.91 Å². The van der Waals surface area contributed by atoms with Gasteiger partial charge in [-0.05, 0) is 23.6 Å². The average molecular weight is 438 g/mol. The van der Waals surface area contributed by atoms with Crippen LogP contribution in [0.4, 0.5) is 5.69 Å². The van der Waals surface area contributed by atoms with Crippen molar-refractivity contribution >= 4 is 43.8 Å². The van der Waals surface area contributed by atoms with E-state index in [1.807, 2.05) is 42.5 Å². The van der Waals surface area contributed by atoms with Gasteiger partial charge in [-0.1, -0.05) is 60.1 Å². The van der Waals surface area contributed by atoms with Crippen LogP contribution in [0.1, 0.15) is 10.5 Å². The SMILES string of the molecule is O=C(Nc1cccc2ccccc12)c1c(-c2ccc(Cl)cc2)nc2n1CCS2(=O)=O. The summed E-state index contributed by atoms with van der Waals surface area (Å²) in [5, 5.41) is 5.31. The fraction of sp³-hybridized carbons (Fsp3) is 0.0909. The first-order valence-corrected chi connectivity index (χ1v) is 11.4. The number of amides is 1. The van der Waals surface area contributed by atoms with Gasteiger partial charge in [0.15, 0.2) is 0 Å². The molecule has 8 heteroatoms. The normalized spacial score (nSPS) is 14.6. The molecule has 0 radical (unpaired) electrons. The molecular formula is C22H16ClN3O3S. The van der Waals surface area contributed by atoms with Crippen molar-refractivity contribution in [3.8, 4) is 11.3 Å². The molecule has 0 bridgehead atoms. The van der Waals surface area contributed by atoms with Crippen LogP contribution in [0.15, 0.2) is 71.9 Å². The highest BCUT2D eigenvalue weighted by Gasteiger charge is 2.35. The van der Waals surface area contributed by atoms with E-state index in [1.165, 1.54) is 4.57 Å². The number of carbonyl (C=O) groups excluding carboxylic acids is 1. The number of benzene rings is 3. The van der Waals surface area contributed by atoms with Gasteiger partial charge in [-0.15, -0.1) is 0 Å². The standard InChI is InChI=1S/C22H16ClN3O3S/c23-16-10-8-15(9-11-16)19-20(26-12-13-30(28,29)22(26)25-19)21(27)24-18-7-3-5-14-4-1-2-6-17(14)18/h1-11H,12-13H2,(H,24,27). The zero-order valence-electron chi connectivity index (χ0n) is 15.7. The van der Waals surface area contributed by atoms with Crippen LogP contribution in [-0.2, 0) is 16.4 Å². The highest BCUT2D eigenvalue weighted by Crippen LogP contribution is 2.32. The molecule has 5 rings (SSSR count). The third-order valence-corrected chi connectivity index (χ3v) is 7.00. The summed E-state index contributed by atoms with van der Waals surface area (Å²) in [4.78, 5) is 17.7. The Balaban J connectivity index is 1.64. The van der Waals surface area contributed by atoms with E-state index in [0.717, 1.165) is 10.8 Å². The minimum absolute atomic E-state index is 0.0647. The molecule has 0 atom stereocenters. The van der Waals surface area contributed by atoms with Crippen LogP contribution < -0.4 is 5.32 Å². The minimum atomic E-state index is -3.52. The molecule has 0 unspecified atom stereocenters. The lowest BCUT2D eigenvalue weighted by molar-refractivity contribution is 0.101. The summed E-state index contributed by atoms with van der Waals surface area (Å²) in [6.07, 6.45) is 0. The zero-order valence-corrected chi connectivity index (χ0v) is 17.2. The summed E-state index contributed by atoms with van der Waals surface area (Å²) >= 11 is 5.98. The van der Waals surface area contributed by atoms with E-state index < -0.39 is 15.7 Å². The molecule has 2 heterocycles. The Bertz CT molecular complexity index is 1400. The predicted molar refractivity (Wildman–Crippen MR) is 117 cm³/mol.